The zero-order chi connectivity index (χ0) is 15.7. The Balaban J connectivity index is 0.00000140. The SMILES string of the molecule is [Ir].[c-]1c2c(cc3ccc4c5c(cnc4c13)C1(CCCC1)CO5)OCO2. The molecule has 129 valence electrons. The summed E-state index contributed by atoms with van der Waals surface area (Å²) in [5.41, 5.74) is 2.43. The Morgan fingerprint density at radius 3 is 2.84 bits per heavy atom. The first-order chi connectivity index (χ1) is 11.8. The van der Waals surface area contributed by atoms with Gasteiger partial charge in [-0.1, -0.05) is 37.1 Å². The molecule has 0 bridgehead atoms. The normalized spacial score (nSPS) is 19.2. The van der Waals surface area contributed by atoms with Crippen molar-refractivity contribution in [3.8, 4) is 17.2 Å². The number of pyridine rings is 1. The third kappa shape index (κ3) is 2.00. The molecular formula is C20H16IrNO3-. The third-order valence-electron chi connectivity index (χ3n) is 5.81. The van der Waals surface area contributed by atoms with Gasteiger partial charge in [-0.25, -0.2) is 0 Å². The Hall–Kier alpha value is -1.84. The van der Waals surface area contributed by atoms with Gasteiger partial charge in [0.25, 0.3) is 0 Å². The van der Waals surface area contributed by atoms with E-state index in [0.717, 1.165) is 39.8 Å². The van der Waals surface area contributed by atoms with E-state index in [4.69, 9.17) is 19.2 Å². The van der Waals surface area contributed by atoms with Gasteiger partial charge in [0.05, 0.1) is 18.1 Å². The fraction of sp³-hybridized carbons (Fsp3) is 0.350. The van der Waals surface area contributed by atoms with Gasteiger partial charge in [0, 0.05) is 42.7 Å². The van der Waals surface area contributed by atoms with Crippen molar-refractivity contribution in [3.63, 3.8) is 0 Å². The van der Waals surface area contributed by atoms with E-state index in [0.29, 0.717) is 5.75 Å². The van der Waals surface area contributed by atoms with Gasteiger partial charge in [0.15, 0.2) is 0 Å². The van der Waals surface area contributed by atoms with Crippen molar-refractivity contribution >= 4 is 21.7 Å². The van der Waals surface area contributed by atoms with Crippen molar-refractivity contribution in [2.75, 3.05) is 13.4 Å². The van der Waals surface area contributed by atoms with Crippen LogP contribution in [-0.2, 0) is 25.5 Å². The fourth-order valence-corrected chi connectivity index (χ4v) is 4.54. The minimum atomic E-state index is 0. The molecule has 1 saturated carbocycles. The first kappa shape index (κ1) is 15.4. The Morgan fingerprint density at radius 2 is 1.96 bits per heavy atom. The van der Waals surface area contributed by atoms with Crippen LogP contribution in [0, 0.1) is 6.07 Å². The molecule has 25 heavy (non-hydrogen) atoms. The molecule has 2 aromatic carbocycles. The zero-order valence-corrected chi connectivity index (χ0v) is 16.0. The molecule has 5 heteroatoms. The second-order valence-electron chi connectivity index (χ2n) is 7.07. The first-order valence-electron chi connectivity index (χ1n) is 8.55. The van der Waals surface area contributed by atoms with Crippen LogP contribution in [0.2, 0.25) is 0 Å². The Morgan fingerprint density at radius 1 is 1.08 bits per heavy atom. The van der Waals surface area contributed by atoms with Crippen LogP contribution in [0.3, 0.4) is 0 Å². The van der Waals surface area contributed by atoms with E-state index in [2.05, 4.69) is 18.2 Å². The monoisotopic (exact) mass is 511 g/mol. The second kappa shape index (κ2) is 5.33. The minimum absolute atomic E-state index is 0. The maximum absolute atomic E-state index is 6.18. The van der Waals surface area contributed by atoms with Crippen molar-refractivity contribution in [3.05, 3.63) is 36.0 Å². The maximum atomic E-state index is 6.18. The number of aromatic nitrogens is 1. The molecule has 3 aliphatic rings. The number of hydrogen-bond donors (Lipinski definition) is 0. The molecule has 2 aliphatic heterocycles. The summed E-state index contributed by atoms with van der Waals surface area (Å²) in [7, 11) is 0. The number of fused-ring (bicyclic) bond motifs is 7. The van der Waals surface area contributed by atoms with Crippen LogP contribution >= 0.6 is 0 Å². The van der Waals surface area contributed by atoms with Gasteiger partial charge in [0.2, 0.25) is 6.79 Å². The largest absolute Gasteiger partial charge is 0.500 e. The predicted octanol–water partition coefficient (Wildman–Crippen LogP) is 4.12. The predicted molar refractivity (Wildman–Crippen MR) is 89.8 cm³/mol. The van der Waals surface area contributed by atoms with Crippen molar-refractivity contribution in [1.82, 2.24) is 4.98 Å². The van der Waals surface area contributed by atoms with Crippen molar-refractivity contribution in [1.29, 1.82) is 0 Å². The third-order valence-corrected chi connectivity index (χ3v) is 5.81. The molecule has 0 saturated heterocycles. The average Bonchev–Trinajstić information content (AvgIpc) is 3.34. The Labute approximate surface area is 158 Å². The summed E-state index contributed by atoms with van der Waals surface area (Å²) in [6, 6.07) is 9.56. The van der Waals surface area contributed by atoms with Crippen LogP contribution in [-0.4, -0.2) is 18.4 Å². The van der Waals surface area contributed by atoms with E-state index in [-0.39, 0.29) is 32.3 Å². The molecule has 1 aromatic heterocycles. The molecule has 0 atom stereocenters. The zero-order valence-electron chi connectivity index (χ0n) is 13.6. The van der Waals surface area contributed by atoms with Gasteiger partial charge in [0.1, 0.15) is 5.75 Å². The molecule has 1 aliphatic carbocycles. The number of benzene rings is 2. The quantitative estimate of drug-likeness (QED) is 0.337. The Kier molecular flexibility index (Phi) is 3.28. The molecule has 0 amide bonds. The van der Waals surface area contributed by atoms with Crippen LogP contribution in [0.1, 0.15) is 31.2 Å². The summed E-state index contributed by atoms with van der Waals surface area (Å²) in [6.45, 7) is 1.06. The summed E-state index contributed by atoms with van der Waals surface area (Å²) < 4.78 is 17.1. The number of hydrogen-bond acceptors (Lipinski definition) is 4. The number of ether oxygens (including phenoxy) is 3. The standard InChI is InChI=1S/C20H16NO3.Ir/c1-2-6-20(5-1)10-22-19-13-4-3-12-7-16-17(24-11-23-16)8-14(12)18(13)21-9-15(19)20;/h3-4,7,9H,1-2,5-6,10-11H2;/q-1;. The van der Waals surface area contributed by atoms with Crippen LogP contribution in [0.5, 0.6) is 17.2 Å². The molecular weight excluding hydrogens is 494 g/mol. The summed E-state index contributed by atoms with van der Waals surface area (Å²) in [5.74, 6) is 2.45. The van der Waals surface area contributed by atoms with Crippen molar-refractivity contribution in [2.24, 2.45) is 0 Å². The number of nitrogens with zero attached hydrogens (tertiary/aromatic N) is 1. The summed E-state index contributed by atoms with van der Waals surface area (Å²) >= 11 is 0. The van der Waals surface area contributed by atoms with E-state index in [1.807, 2.05) is 12.3 Å². The van der Waals surface area contributed by atoms with Gasteiger partial charge in [-0.3, -0.25) is 0 Å². The first-order valence-corrected chi connectivity index (χ1v) is 8.55. The average molecular weight is 511 g/mol. The molecule has 0 N–H and O–H groups in total. The molecule has 1 fully saturated rings. The van der Waals surface area contributed by atoms with Gasteiger partial charge in [-0.05, 0) is 18.4 Å². The molecule has 1 spiro atoms. The second-order valence-corrected chi connectivity index (χ2v) is 7.07. The molecule has 1 radical (unpaired) electrons. The smallest absolute Gasteiger partial charge is 0.218 e. The van der Waals surface area contributed by atoms with Crippen LogP contribution < -0.4 is 14.2 Å². The van der Waals surface area contributed by atoms with Crippen molar-refractivity contribution in [2.45, 2.75) is 31.1 Å². The molecule has 0 unspecified atom stereocenters. The van der Waals surface area contributed by atoms with Gasteiger partial charge >= 0.3 is 0 Å². The van der Waals surface area contributed by atoms with Crippen LogP contribution in [0.15, 0.2) is 24.4 Å². The minimum Gasteiger partial charge on any atom is -0.500 e. The van der Waals surface area contributed by atoms with Crippen molar-refractivity contribution < 1.29 is 34.3 Å². The molecule has 4 nitrogen and oxygen atoms in total. The topological polar surface area (TPSA) is 40.6 Å². The van der Waals surface area contributed by atoms with Gasteiger partial charge < -0.3 is 19.2 Å². The summed E-state index contributed by atoms with van der Waals surface area (Å²) in [5, 5.41) is 3.11. The van der Waals surface area contributed by atoms with E-state index in [9.17, 15) is 0 Å². The number of rotatable bonds is 0. The Bertz CT molecular complexity index is 1010. The van der Waals surface area contributed by atoms with Gasteiger partial charge in [-0.2, -0.15) is 0 Å². The maximum Gasteiger partial charge on any atom is 0.218 e. The summed E-state index contributed by atoms with van der Waals surface area (Å²) in [6.07, 6.45) is 7.04. The van der Waals surface area contributed by atoms with Crippen LogP contribution in [0.25, 0.3) is 21.7 Å². The van der Waals surface area contributed by atoms with Gasteiger partial charge in [-0.15, -0.1) is 10.8 Å². The van der Waals surface area contributed by atoms with E-state index < -0.39 is 0 Å². The van der Waals surface area contributed by atoms with E-state index >= 15 is 0 Å². The van der Waals surface area contributed by atoms with E-state index in [1.54, 1.807) is 0 Å². The molecule has 6 rings (SSSR count). The van der Waals surface area contributed by atoms with E-state index in [1.165, 1.54) is 31.2 Å². The molecule has 3 aromatic rings. The van der Waals surface area contributed by atoms with Crippen LogP contribution in [0.4, 0.5) is 0 Å². The fourth-order valence-electron chi connectivity index (χ4n) is 4.54. The summed E-state index contributed by atoms with van der Waals surface area (Å²) in [4.78, 5) is 4.82. The molecule has 3 heterocycles.